The maximum absolute atomic E-state index is 13.0. The lowest BCUT2D eigenvalue weighted by atomic mass is 10.2. The number of anilines is 2. The van der Waals surface area contributed by atoms with Crippen LogP contribution >= 0.6 is 11.3 Å². The minimum Gasteiger partial charge on any atom is -0.378 e. The molecule has 0 atom stereocenters. The van der Waals surface area contributed by atoms with E-state index in [1.54, 1.807) is 7.05 Å². The molecular formula is C24H31N5O3S. The van der Waals surface area contributed by atoms with Crippen LogP contribution in [0.5, 0.6) is 0 Å². The van der Waals surface area contributed by atoms with Crippen molar-refractivity contribution in [2.24, 2.45) is 5.92 Å². The van der Waals surface area contributed by atoms with Gasteiger partial charge in [0.05, 0.1) is 30.3 Å². The number of carbonyl (C=O) groups is 2. The van der Waals surface area contributed by atoms with E-state index in [9.17, 15) is 9.59 Å². The first-order valence-electron chi connectivity index (χ1n) is 11.3. The number of benzene rings is 1. The summed E-state index contributed by atoms with van der Waals surface area (Å²) >= 11 is 1.43. The van der Waals surface area contributed by atoms with Crippen molar-refractivity contribution in [3.8, 4) is 0 Å². The van der Waals surface area contributed by atoms with Gasteiger partial charge in [-0.1, -0.05) is 13.8 Å². The molecule has 2 aromatic heterocycles. The van der Waals surface area contributed by atoms with Gasteiger partial charge in [-0.05, 0) is 43.2 Å². The van der Waals surface area contributed by atoms with Crippen molar-refractivity contribution in [2.45, 2.75) is 27.3 Å². The maximum Gasteiger partial charge on any atom is 0.264 e. The molecule has 1 N–H and O–H groups in total. The number of aromatic nitrogens is 2. The van der Waals surface area contributed by atoms with Crippen LogP contribution in [0.25, 0.3) is 10.2 Å². The highest BCUT2D eigenvalue weighted by Crippen LogP contribution is 2.29. The number of aryl methyl sites for hydroxylation is 1. The quantitative estimate of drug-likeness (QED) is 0.572. The molecule has 1 aliphatic heterocycles. The summed E-state index contributed by atoms with van der Waals surface area (Å²) < 4.78 is 7.37. The van der Waals surface area contributed by atoms with Crippen LogP contribution in [-0.2, 0) is 16.1 Å². The van der Waals surface area contributed by atoms with Gasteiger partial charge in [0, 0.05) is 43.4 Å². The molecule has 0 spiro atoms. The molecular weight excluding hydrogens is 438 g/mol. The third-order valence-electron chi connectivity index (χ3n) is 5.61. The summed E-state index contributed by atoms with van der Waals surface area (Å²) in [5.74, 6) is 0.0702. The first kappa shape index (κ1) is 23.3. The first-order valence-corrected chi connectivity index (χ1v) is 12.1. The molecule has 33 heavy (non-hydrogen) atoms. The molecule has 0 bridgehead atoms. The summed E-state index contributed by atoms with van der Waals surface area (Å²) in [5.41, 5.74) is 2.74. The van der Waals surface area contributed by atoms with Gasteiger partial charge in [0.15, 0.2) is 0 Å². The molecule has 176 valence electrons. The van der Waals surface area contributed by atoms with Crippen molar-refractivity contribution in [2.75, 3.05) is 50.1 Å². The molecule has 2 amide bonds. The Morgan fingerprint density at radius 2 is 1.91 bits per heavy atom. The highest BCUT2D eigenvalue weighted by molar-refractivity contribution is 7.20. The Bertz CT molecular complexity index is 1130. The molecule has 1 aromatic carbocycles. The van der Waals surface area contributed by atoms with Crippen LogP contribution in [0.1, 0.15) is 29.2 Å². The van der Waals surface area contributed by atoms with Crippen LogP contribution in [0.4, 0.5) is 11.4 Å². The monoisotopic (exact) mass is 469 g/mol. The van der Waals surface area contributed by atoms with Gasteiger partial charge >= 0.3 is 0 Å². The molecule has 1 aliphatic rings. The van der Waals surface area contributed by atoms with Gasteiger partial charge < -0.3 is 19.9 Å². The van der Waals surface area contributed by atoms with Crippen LogP contribution in [0.2, 0.25) is 0 Å². The van der Waals surface area contributed by atoms with Crippen molar-refractivity contribution < 1.29 is 14.3 Å². The van der Waals surface area contributed by atoms with Crippen LogP contribution < -0.4 is 10.2 Å². The minimum absolute atomic E-state index is 0.0185. The number of fused-ring (bicyclic) bond motifs is 1. The highest BCUT2D eigenvalue weighted by atomic mass is 32.1. The fourth-order valence-corrected chi connectivity index (χ4v) is 5.11. The van der Waals surface area contributed by atoms with Crippen molar-refractivity contribution in [1.82, 2.24) is 14.7 Å². The van der Waals surface area contributed by atoms with Gasteiger partial charge in [-0.3, -0.25) is 14.3 Å². The number of likely N-dealkylation sites (N-methyl/N-ethyl adjacent to an activating group) is 1. The van der Waals surface area contributed by atoms with E-state index in [-0.39, 0.29) is 18.4 Å². The molecule has 0 aliphatic carbocycles. The van der Waals surface area contributed by atoms with Crippen molar-refractivity contribution in [3.05, 3.63) is 40.9 Å². The summed E-state index contributed by atoms with van der Waals surface area (Å²) in [6, 6.07) is 9.66. The number of amides is 2. The first-order chi connectivity index (χ1) is 15.8. The molecule has 3 aromatic rings. The lowest BCUT2D eigenvalue weighted by Crippen LogP contribution is -2.36. The summed E-state index contributed by atoms with van der Waals surface area (Å²) in [7, 11) is 1.65. The zero-order valence-electron chi connectivity index (χ0n) is 19.6. The summed E-state index contributed by atoms with van der Waals surface area (Å²) in [6.07, 6.45) is 0. The smallest absolute Gasteiger partial charge is 0.264 e. The number of carbonyl (C=O) groups excluding carboxylic acids is 2. The lowest BCUT2D eigenvalue weighted by molar-refractivity contribution is -0.116. The van der Waals surface area contributed by atoms with E-state index in [2.05, 4.69) is 29.2 Å². The summed E-state index contributed by atoms with van der Waals surface area (Å²) in [4.78, 5) is 30.9. The lowest BCUT2D eigenvalue weighted by Gasteiger charge is -2.28. The number of ether oxygens (including phenoxy) is 1. The SMILES string of the molecule is Cc1nn(CC(C)C)c2sc(C(=O)N(C)CC(=O)Nc3ccc(N4CCOCC4)cc3)cc12. The van der Waals surface area contributed by atoms with Crippen LogP contribution in [0.15, 0.2) is 30.3 Å². The Kier molecular flexibility index (Phi) is 6.99. The predicted octanol–water partition coefficient (Wildman–Crippen LogP) is 3.61. The Labute approximate surface area is 198 Å². The Hall–Kier alpha value is -2.91. The van der Waals surface area contributed by atoms with Gasteiger partial charge in [-0.25, -0.2) is 0 Å². The Morgan fingerprint density at radius 3 is 2.58 bits per heavy atom. The third kappa shape index (κ3) is 5.36. The second-order valence-corrected chi connectivity index (χ2v) is 9.88. The number of hydrogen-bond acceptors (Lipinski definition) is 6. The van der Waals surface area contributed by atoms with Crippen molar-refractivity contribution in [1.29, 1.82) is 0 Å². The predicted molar refractivity (Wildman–Crippen MR) is 132 cm³/mol. The van der Waals surface area contributed by atoms with Crippen molar-refractivity contribution >= 4 is 44.7 Å². The number of thiophene rings is 1. The molecule has 9 heteroatoms. The second kappa shape index (κ2) is 9.93. The number of morpholine rings is 1. The third-order valence-corrected chi connectivity index (χ3v) is 6.75. The summed E-state index contributed by atoms with van der Waals surface area (Å²) in [5, 5.41) is 8.48. The fraction of sp³-hybridized carbons (Fsp3) is 0.458. The fourth-order valence-electron chi connectivity index (χ4n) is 3.94. The van der Waals surface area contributed by atoms with Crippen LogP contribution in [-0.4, -0.2) is 66.4 Å². The van der Waals surface area contributed by atoms with Gasteiger partial charge in [0.1, 0.15) is 4.83 Å². The zero-order valence-corrected chi connectivity index (χ0v) is 20.4. The molecule has 8 nitrogen and oxygen atoms in total. The largest absolute Gasteiger partial charge is 0.378 e. The van der Waals surface area contributed by atoms with Gasteiger partial charge in [0.25, 0.3) is 5.91 Å². The molecule has 0 radical (unpaired) electrons. The molecule has 1 saturated heterocycles. The number of rotatable bonds is 7. The van der Waals surface area contributed by atoms with Crippen molar-refractivity contribution in [3.63, 3.8) is 0 Å². The van der Waals surface area contributed by atoms with E-state index in [0.29, 0.717) is 16.5 Å². The van der Waals surface area contributed by atoms with E-state index in [1.807, 2.05) is 41.9 Å². The van der Waals surface area contributed by atoms with E-state index in [1.165, 1.54) is 16.2 Å². The maximum atomic E-state index is 13.0. The molecule has 3 heterocycles. The standard InChI is InChI=1S/C24H31N5O3S/c1-16(2)14-29-24-20(17(3)26-29)13-21(33-24)23(31)27(4)15-22(30)25-18-5-7-19(8-6-18)28-9-11-32-12-10-28/h5-8,13,16H,9-12,14-15H2,1-4H3,(H,25,30). The molecule has 0 saturated carbocycles. The number of hydrogen-bond donors (Lipinski definition) is 1. The van der Waals surface area contributed by atoms with E-state index in [0.717, 1.165) is 54.4 Å². The number of nitrogens with zero attached hydrogens (tertiary/aromatic N) is 4. The summed E-state index contributed by atoms with van der Waals surface area (Å²) in [6.45, 7) is 10.2. The highest BCUT2D eigenvalue weighted by Gasteiger charge is 2.21. The zero-order chi connectivity index (χ0) is 23.5. The average Bonchev–Trinajstić information content (AvgIpc) is 3.35. The van der Waals surface area contributed by atoms with Gasteiger partial charge in [0.2, 0.25) is 5.91 Å². The van der Waals surface area contributed by atoms with Crippen LogP contribution in [0, 0.1) is 12.8 Å². The Morgan fingerprint density at radius 1 is 1.21 bits per heavy atom. The van der Waals surface area contributed by atoms with Crippen LogP contribution in [0.3, 0.4) is 0 Å². The second-order valence-electron chi connectivity index (χ2n) is 8.85. The topological polar surface area (TPSA) is 79.7 Å². The average molecular weight is 470 g/mol. The minimum atomic E-state index is -0.228. The molecule has 0 unspecified atom stereocenters. The number of nitrogens with one attached hydrogen (secondary N) is 1. The van der Waals surface area contributed by atoms with E-state index < -0.39 is 0 Å². The molecule has 1 fully saturated rings. The van der Waals surface area contributed by atoms with Gasteiger partial charge in [-0.2, -0.15) is 5.10 Å². The normalized spacial score (nSPS) is 14.2. The van der Waals surface area contributed by atoms with E-state index >= 15 is 0 Å². The molecule has 4 rings (SSSR count). The van der Waals surface area contributed by atoms with Gasteiger partial charge in [-0.15, -0.1) is 11.3 Å². The Balaban J connectivity index is 1.37. The van der Waals surface area contributed by atoms with E-state index in [4.69, 9.17) is 4.74 Å².